The molecule has 0 saturated heterocycles. The predicted octanol–water partition coefficient (Wildman–Crippen LogP) is 3.49. The number of anilines is 1. The maximum Gasteiger partial charge on any atom is 0.251 e. The number of hydrogen-bond acceptors (Lipinski definition) is 3. The first-order valence-corrected chi connectivity index (χ1v) is 9.55. The van der Waals surface area contributed by atoms with Crippen LogP contribution in [0.1, 0.15) is 24.8 Å². The van der Waals surface area contributed by atoms with Gasteiger partial charge in [0.1, 0.15) is 0 Å². The van der Waals surface area contributed by atoms with Crippen molar-refractivity contribution >= 4 is 22.4 Å². The monoisotopic (exact) mass is 343 g/mol. The second-order valence-corrected chi connectivity index (χ2v) is 7.29. The predicted molar refractivity (Wildman–Crippen MR) is 95.2 cm³/mol. The zero-order valence-corrected chi connectivity index (χ0v) is 14.3. The lowest BCUT2D eigenvalue weighted by Crippen LogP contribution is -2.35. The molecule has 0 spiro atoms. The number of rotatable bonds is 7. The molecular weight excluding hydrogens is 322 g/mol. The Morgan fingerprint density at radius 2 is 1.71 bits per heavy atom. The van der Waals surface area contributed by atoms with Crippen molar-refractivity contribution in [2.45, 2.75) is 30.6 Å². The van der Waals surface area contributed by atoms with Crippen molar-refractivity contribution in [3.63, 3.8) is 0 Å². The van der Waals surface area contributed by atoms with Crippen LogP contribution in [0.5, 0.6) is 0 Å². The van der Waals surface area contributed by atoms with Crippen molar-refractivity contribution < 1.29 is 13.8 Å². The van der Waals surface area contributed by atoms with Gasteiger partial charge in [-0.15, -0.1) is 0 Å². The van der Waals surface area contributed by atoms with Gasteiger partial charge in [0, 0.05) is 17.1 Å². The van der Waals surface area contributed by atoms with Crippen LogP contribution in [0.4, 0.5) is 5.69 Å². The largest absolute Gasteiger partial charge is 0.272 e. The molecule has 5 heteroatoms. The standard InChI is InChI=1S/C19H21NO3S/c21-19-13-12-16-8-4-5-11-18(16)20(19)23-14-6-7-15-24(22)17-9-2-1-3-10-17/h1-5,8-11H,6-7,12-15H2/t24-/m0/s1. The van der Waals surface area contributed by atoms with Crippen LogP contribution in [0.25, 0.3) is 0 Å². The average Bonchev–Trinajstić information content (AvgIpc) is 2.63. The van der Waals surface area contributed by atoms with E-state index >= 15 is 0 Å². The van der Waals surface area contributed by atoms with Gasteiger partial charge >= 0.3 is 0 Å². The fourth-order valence-electron chi connectivity index (χ4n) is 2.72. The molecule has 3 rings (SSSR count). The molecule has 1 aliphatic heterocycles. The van der Waals surface area contributed by atoms with E-state index in [1.54, 1.807) is 0 Å². The van der Waals surface area contributed by atoms with Gasteiger partial charge in [-0.05, 0) is 43.0 Å². The number of carbonyl (C=O) groups excluding carboxylic acids is 1. The van der Waals surface area contributed by atoms with E-state index in [0.717, 1.165) is 35.4 Å². The lowest BCUT2D eigenvalue weighted by molar-refractivity contribution is -0.126. The van der Waals surface area contributed by atoms with E-state index in [0.29, 0.717) is 18.8 Å². The Bertz CT molecular complexity index is 718. The third kappa shape index (κ3) is 4.10. The lowest BCUT2D eigenvalue weighted by Gasteiger charge is -2.28. The van der Waals surface area contributed by atoms with Crippen molar-refractivity contribution in [3.05, 3.63) is 60.2 Å². The first-order valence-electron chi connectivity index (χ1n) is 8.23. The number of benzene rings is 2. The summed E-state index contributed by atoms with van der Waals surface area (Å²) in [4.78, 5) is 18.6. The molecular formula is C19H21NO3S. The Hall–Kier alpha value is -1.98. The fraction of sp³-hybridized carbons (Fsp3) is 0.316. The molecule has 0 fully saturated rings. The van der Waals surface area contributed by atoms with Crippen LogP contribution in [0.2, 0.25) is 0 Å². The highest BCUT2D eigenvalue weighted by Gasteiger charge is 2.24. The van der Waals surface area contributed by atoms with Crippen LogP contribution >= 0.6 is 0 Å². The van der Waals surface area contributed by atoms with Gasteiger partial charge < -0.3 is 0 Å². The molecule has 1 atom stereocenters. The molecule has 2 aromatic rings. The Kier molecular flexibility index (Phi) is 5.77. The number of fused-ring (bicyclic) bond motifs is 1. The van der Waals surface area contributed by atoms with E-state index in [1.165, 1.54) is 5.06 Å². The van der Waals surface area contributed by atoms with E-state index in [4.69, 9.17) is 4.84 Å². The van der Waals surface area contributed by atoms with Crippen LogP contribution in [0.15, 0.2) is 59.5 Å². The number of hydroxylamine groups is 1. The third-order valence-electron chi connectivity index (χ3n) is 4.00. The molecule has 0 bridgehead atoms. The second-order valence-electron chi connectivity index (χ2n) is 5.72. The normalized spacial score (nSPS) is 15.2. The summed E-state index contributed by atoms with van der Waals surface area (Å²) in [6, 6.07) is 17.3. The zero-order chi connectivity index (χ0) is 16.8. The average molecular weight is 343 g/mol. The quantitative estimate of drug-likeness (QED) is 0.723. The fourth-order valence-corrected chi connectivity index (χ4v) is 3.88. The summed E-state index contributed by atoms with van der Waals surface area (Å²) in [5, 5.41) is 1.42. The number of unbranched alkanes of at least 4 members (excludes halogenated alkanes) is 1. The molecule has 4 nitrogen and oxygen atoms in total. The summed E-state index contributed by atoms with van der Waals surface area (Å²) in [6.07, 6.45) is 2.82. The molecule has 24 heavy (non-hydrogen) atoms. The first-order chi connectivity index (χ1) is 11.8. The number of aryl methyl sites for hydroxylation is 1. The maximum atomic E-state index is 12.1. The molecule has 0 aliphatic carbocycles. The molecule has 1 amide bonds. The van der Waals surface area contributed by atoms with Gasteiger partial charge in [0.2, 0.25) is 0 Å². The van der Waals surface area contributed by atoms with Crippen LogP contribution in [-0.2, 0) is 26.9 Å². The Morgan fingerprint density at radius 1 is 0.958 bits per heavy atom. The molecule has 0 N–H and O–H groups in total. The molecule has 0 saturated carbocycles. The molecule has 0 unspecified atom stereocenters. The highest BCUT2D eigenvalue weighted by atomic mass is 32.2. The van der Waals surface area contributed by atoms with E-state index < -0.39 is 10.8 Å². The van der Waals surface area contributed by atoms with Gasteiger partial charge in [-0.3, -0.25) is 13.8 Å². The van der Waals surface area contributed by atoms with Crippen LogP contribution in [0.3, 0.4) is 0 Å². The number of nitrogens with zero attached hydrogens (tertiary/aromatic N) is 1. The minimum Gasteiger partial charge on any atom is -0.272 e. The van der Waals surface area contributed by atoms with E-state index in [2.05, 4.69) is 0 Å². The number of para-hydroxylation sites is 1. The molecule has 1 heterocycles. The highest BCUT2D eigenvalue weighted by molar-refractivity contribution is 7.85. The van der Waals surface area contributed by atoms with Crippen molar-refractivity contribution in [2.24, 2.45) is 0 Å². The summed E-state index contributed by atoms with van der Waals surface area (Å²) in [5.74, 6) is 0.610. The maximum absolute atomic E-state index is 12.1. The molecule has 1 aliphatic rings. The van der Waals surface area contributed by atoms with Crippen molar-refractivity contribution in [1.29, 1.82) is 0 Å². The van der Waals surface area contributed by atoms with Gasteiger partial charge in [-0.25, -0.2) is 0 Å². The first kappa shape index (κ1) is 16.9. The van der Waals surface area contributed by atoms with Crippen molar-refractivity contribution in [3.8, 4) is 0 Å². The zero-order valence-electron chi connectivity index (χ0n) is 13.5. The smallest absolute Gasteiger partial charge is 0.251 e. The lowest BCUT2D eigenvalue weighted by atomic mass is 10.0. The Balaban J connectivity index is 1.45. The SMILES string of the molecule is O=C1CCc2ccccc2N1OCCCC[S@](=O)c1ccccc1. The van der Waals surface area contributed by atoms with Gasteiger partial charge in [-0.2, -0.15) is 5.06 Å². The molecule has 2 aromatic carbocycles. The van der Waals surface area contributed by atoms with Crippen molar-refractivity contribution in [2.75, 3.05) is 17.4 Å². The number of hydrogen-bond donors (Lipinski definition) is 0. The minimum absolute atomic E-state index is 0.00145. The van der Waals surface area contributed by atoms with Crippen molar-refractivity contribution in [1.82, 2.24) is 0 Å². The summed E-state index contributed by atoms with van der Waals surface area (Å²) >= 11 is 0. The summed E-state index contributed by atoms with van der Waals surface area (Å²) < 4.78 is 12.1. The summed E-state index contributed by atoms with van der Waals surface area (Å²) in [6.45, 7) is 0.450. The number of amides is 1. The van der Waals surface area contributed by atoms with Gasteiger partial charge in [0.25, 0.3) is 5.91 Å². The third-order valence-corrected chi connectivity index (χ3v) is 5.45. The molecule has 126 valence electrons. The van der Waals surface area contributed by atoms with Gasteiger partial charge in [-0.1, -0.05) is 36.4 Å². The van der Waals surface area contributed by atoms with Gasteiger partial charge in [0.15, 0.2) is 0 Å². The Morgan fingerprint density at radius 3 is 2.54 bits per heavy atom. The van der Waals surface area contributed by atoms with E-state index in [1.807, 2.05) is 54.6 Å². The van der Waals surface area contributed by atoms with E-state index in [-0.39, 0.29) is 5.91 Å². The van der Waals surface area contributed by atoms with Crippen LogP contribution in [0, 0.1) is 0 Å². The molecule has 0 radical (unpaired) electrons. The second kappa shape index (κ2) is 8.22. The van der Waals surface area contributed by atoms with E-state index in [9.17, 15) is 9.00 Å². The summed E-state index contributed by atoms with van der Waals surface area (Å²) in [7, 11) is -0.971. The molecule has 0 aromatic heterocycles. The topological polar surface area (TPSA) is 46.6 Å². The van der Waals surface area contributed by atoms with Gasteiger partial charge in [0.05, 0.1) is 23.1 Å². The van der Waals surface area contributed by atoms with Crippen LogP contribution in [-0.4, -0.2) is 22.5 Å². The highest BCUT2D eigenvalue weighted by Crippen LogP contribution is 2.27. The van der Waals surface area contributed by atoms with Crippen LogP contribution < -0.4 is 5.06 Å². The number of carbonyl (C=O) groups is 1. The summed E-state index contributed by atoms with van der Waals surface area (Å²) in [5.41, 5.74) is 1.99. The minimum atomic E-state index is -0.971. The Labute approximate surface area is 144 Å².